The maximum atomic E-state index is 4.34. The van der Waals surface area contributed by atoms with Crippen LogP contribution < -0.4 is 5.32 Å². The average molecular weight is 258 g/mol. The first kappa shape index (κ1) is 14.0. The van der Waals surface area contributed by atoms with Crippen molar-refractivity contribution in [2.75, 3.05) is 12.8 Å². The lowest BCUT2D eigenvalue weighted by Gasteiger charge is -2.31. The zero-order chi connectivity index (χ0) is 12.0. The fraction of sp³-hybridized carbons (Fsp3) is 0.750. The molecule has 1 atom stereocenters. The maximum absolute atomic E-state index is 4.34. The summed E-state index contributed by atoms with van der Waals surface area (Å²) in [7, 11) is 0. The Kier molecular flexibility index (Phi) is 5.79. The fourth-order valence-corrected chi connectivity index (χ4v) is 3.21. The number of hydrogen-bond acceptors (Lipinski definition) is 4. The van der Waals surface area contributed by atoms with E-state index in [1.54, 1.807) is 11.3 Å². The third kappa shape index (κ3) is 3.47. The maximum Gasteiger partial charge on any atom is 0.109 e. The van der Waals surface area contributed by atoms with E-state index in [-0.39, 0.29) is 0 Å². The van der Waals surface area contributed by atoms with E-state index in [9.17, 15) is 0 Å². The van der Waals surface area contributed by atoms with Gasteiger partial charge in [-0.2, -0.15) is 11.8 Å². The summed E-state index contributed by atoms with van der Waals surface area (Å²) in [5.74, 6) is 0. The molecule has 1 aromatic rings. The first-order chi connectivity index (χ1) is 7.67. The monoisotopic (exact) mass is 258 g/mol. The van der Waals surface area contributed by atoms with E-state index >= 15 is 0 Å². The van der Waals surface area contributed by atoms with Gasteiger partial charge in [0.05, 0.1) is 6.04 Å². The highest BCUT2D eigenvalue weighted by Gasteiger charge is 2.25. The summed E-state index contributed by atoms with van der Waals surface area (Å²) in [5, 5.41) is 6.83. The van der Waals surface area contributed by atoms with Gasteiger partial charge in [0.25, 0.3) is 0 Å². The van der Waals surface area contributed by atoms with Gasteiger partial charge in [0.2, 0.25) is 0 Å². The van der Waals surface area contributed by atoms with Gasteiger partial charge in [0, 0.05) is 22.9 Å². The molecular weight excluding hydrogens is 236 g/mol. The van der Waals surface area contributed by atoms with Crippen LogP contribution in [0.3, 0.4) is 0 Å². The molecule has 92 valence electrons. The zero-order valence-electron chi connectivity index (χ0n) is 10.6. The lowest BCUT2D eigenvalue weighted by molar-refractivity contribution is 0.459. The molecule has 2 nitrogen and oxygen atoms in total. The average Bonchev–Trinajstić information content (AvgIpc) is 2.85. The van der Waals surface area contributed by atoms with Crippen molar-refractivity contribution < 1.29 is 0 Å². The molecular formula is C12H22N2S2. The lowest BCUT2D eigenvalue weighted by atomic mass is 10.0. The van der Waals surface area contributed by atoms with E-state index in [0.717, 1.165) is 6.54 Å². The first-order valence-corrected chi connectivity index (χ1v) is 7.95. The molecule has 1 unspecified atom stereocenters. The molecule has 1 heterocycles. The molecule has 0 fully saturated rings. The topological polar surface area (TPSA) is 24.9 Å². The highest BCUT2D eigenvalue weighted by Crippen LogP contribution is 2.30. The molecule has 0 amide bonds. The van der Waals surface area contributed by atoms with Gasteiger partial charge >= 0.3 is 0 Å². The first-order valence-electron chi connectivity index (χ1n) is 5.85. The third-order valence-corrected chi connectivity index (χ3v) is 5.82. The number of thiazole rings is 1. The summed E-state index contributed by atoms with van der Waals surface area (Å²) in [6.45, 7) is 7.79. The van der Waals surface area contributed by atoms with Crippen LogP contribution in [-0.4, -0.2) is 22.5 Å². The van der Waals surface area contributed by atoms with Crippen molar-refractivity contribution in [3.63, 3.8) is 0 Å². The van der Waals surface area contributed by atoms with Gasteiger partial charge in [-0.25, -0.2) is 4.98 Å². The summed E-state index contributed by atoms with van der Waals surface area (Å²) in [6, 6.07) is 0.365. The summed E-state index contributed by atoms with van der Waals surface area (Å²) in [6.07, 6.45) is 6.51. The molecule has 4 heteroatoms. The molecule has 0 aliphatic heterocycles. The Morgan fingerprint density at radius 1 is 1.50 bits per heavy atom. The summed E-state index contributed by atoms with van der Waals surface area (Å²) < 4.78 is 0.380. The molecule has 0 radical (unpaired) electrons. The van der Waals surface area contributed by atoms with Crippen LogP contribution in [0.2, 0.25) is 0 Å². The van der Waals surface area contributed by atoms with E-state index in [0.29, 0.717) is 10.8 Å². The summed E-state index contributed by atoms with van der Waals surface area (Å²) in [4.78, 5) is 4.34. The van der Waals surface area contributed by atoms with Crippen LogP contribution in [0.5, 0.6) is 0 Å². The molecule has 0 aliphatic carbocycles. The molecule has 0 aliphatic rings. The largest absolute Gasteiger partial charge is 0.307 e. The van der Waals surface area contributed by atoms with Crippen LogP contribution in [0, 0.1) is 0 Å². The zero-order valence-corrected chi connectivity index (χ0v) is 12.3. The van der Waals surface area contributed by atoms with Crippen LogP contribution >= 0.6 is 23.1 Å². The minimum Gasteiger partial charge on any atom is -0.307 e. The molecule has 0 aromatic carbocycles. The number of thioether (sulfide) groups is 1. The Morgan fingerprint density at radius 3 is 2.62 bits per heavy atom. The van der Waals surface area contributed by atoms with E-state index in [4.69, 9.17) is 0 Å². The predicted octanol–water partition coefficient (Wildman–Crippen LogP) is 3.72. The van der Waals surface area contributed by atoms with Crippen molar-refractivity contribution in [2.45, 2.75) is 44.4 Å². The van der Waals surface area contributed by atoms with Gasteiger partial charge in [-0.1, -0.05) is 13.8 Å². The van der Waals surface area contributed by atoms with Crippen molar-refractivity contribution in [1.82, 2.24) is 10.3 Å². The molecule has 1 aromatic heterocycles. The second kappa shape index (κ2) is 6.62. The highest BCUT2D eigenvalue weighted by molar-refractivity contribution is 8.00. The van der Waals surface area contributed by atoms with Gasteiger partial charge in [0.15, 0.2) is 0 Å². The molecule has 1 rings (SSSR count). The lowest BCUT2D eigenvalue weighted by Crippen LogP contribution is -2.37. The minimum absolute atomic E-state index is 0.365. The van der Waals surface area contributed by atoms with Crippen LogP contribution in [0.1, 0.15) is 44.7 Å². The van der Waals surface area contributed by atoms with E-state index < -0.39 is 0 Å². The van der Waals surface area contributed by atoms with Crippen LogP contribution in [0.25, 0.3) is 0 Å². The van der Waals surface area contributed by atoms with Crippen LogP contribution in [0.15, 0.2) is 11.6 Å². The Labute approximate surface area is 107 Å². The highest BCUT2D eigenvalue weighted by atomic mass is 32.2. The SMILES string of the molecule is CCC(CC)(CNC(C)c1nccs1)SC. The van der Waals surface area contributed by atoms with E-state index in [1.807, 2.05) is 23.3 Å². The Hall–Kier alpha value is -0.0600. The molecule has 16 heavy (non-hydrogen) atoms. The van der Waals surface area contributed by atoms with Crippen molar-refractivity contribution in [3.8, 4) is 0 Å². The summed E-state index contributed by atoms with van der Waals surface area (Å²) in [5.41, 5.74) is 0. The Bertz CT molecular complexity index is 273. The number of nitrogens with zero attached hydrogens (tertiary/aromatic N) is 1. The molecule has 0 saturated heterocycles. The number of rotatable bonds is 7. The second-order valence-electron chi connectivity index (χ2n) is 4.07. The molecule has 0 saturated carbocycles. The van der Waals surface area contributed by atoms with Crippen molar-refractivity contribution in [3.05, 3.63) is 16.6 Å². The number of hydrogen-bond donors (Lipinski definition) is 1. The van der Waals surface area contributed by atoms with Crippen molar-refractivity contribution >= 4 is 23.1 Å². The van der Waals surface area contributed by atoms with Gasteiger partial charge in [0.1, 0.15) is 5.01 Å². The van der Waals surface area contributed by atoms with E-state index in [1.165, 1.54) is 17.8 Å². The second-order valence-corrected chi connectivity index (χ2v) is 6.27. The van der Waals surface area contributed by atoms with Crippen LogP contribution in [0.4, 0.5) is 0 Å². The minimum atomic E-state index is 0.365. The van der Waals surface area contributed by atoms with Gasteiger partial charge in [-0.15, -0.1) is 11.3 Å². The molecule has 1 N–H and O–H groups in total. The van der Waals surface area contributed by atoms with Crippen LogP contribution in [-0.2, 0) is 0 Å². The van der Waals surface area contributed by atoms with Gasteiger partial charge in [-0.05, 0) is 26.0 Å². The van der Waals surface area contributed by atoms with Gasteiger partial charge < -0.3 is 5.32 Å². The van der Waals surface area contributed by atoms with Crippen molar-refractivity contribution in [2.24, 2.45) is 0 Å². The Balaban J connectivity index is 2.49. The molecule has 0 spiro atoms. The van der Waals surface area contributed by atoms with Gasteiger partial charge in [-0.3, -0.25) is 0 Å². The smallest absolute Gasteiger partial charge is 0.109 e. The van der Waals surface area contributed by atoms with Crippen molar-refractivity contribution in [1.29, 1.82) is 0 Å². The number of aromatic nitrogens is 1. The third-order valence-electron chi connectivity index (χ3n) is 3.27. The molecule has 0 bridgehead atoms. The quantitative estimate of drug-likeness (QED) is 0.807. The normalized spacial score (nSPS) is 14.0. The fourth-order valence-electron chi connectivity index (χ4n) is 1.74. The predicted molar refractivity (Wildman–Crippen MR) is 75.4 cm³/mol. The summed E-state index contributed by atoms with van der Waals surface area (Å²) >= 11 is 3.70. The number of nitrogens with one attached hydrogen (secondary N) is 1. The Morgan fingerprint density at radius 2 is 2.19 bits per heavy atom. The standard InChI is InChI=1S/C12H22N2S2/c1-5-12(6-2,15-4)9-14-10(3)11-13-7-8-16-11/h7-8,10,14H,5-6,9H2,1-4H3. The van der Waals surface area contributed by atoms with E-state index in [2.05, 4.69) is 37.3 Å².